The van der Waals surface area contributed by atoms with Crippen molar-refractivity contribution in [2.45, 2.75) is 32.3 Å². The normalized spacial score (nSPS) is 18.5. The number of amides is 3. The van der Waals surface area contributed by atoms with E-state index in [1.807, 2.05) is 37.3 Å². The van der Waals surface area contributed by atoms with E-state index in [4.69, 9.17) is 4.74 Å². The van der Waals surface area contributed by atoms with E-state index in [2.05, 4.69) is 10.6 Å². The van der Waals surface area contributed by atoms with E-state index in [9.17, 15) is 9.59 Å². The van der Waals surface area contributed by atoms with Crippen LogP contribution in [0.4, 0.5) is 4.79 Å². The Balaban J connectivity index is 1.84. The monoisotopic (exact) mass is 347 g/mol. The minimum atomic E-state index is -0.182. The summed E-state index contributed by atoms with van der Waals surface area (Å²) in [5.41, 5.74) is 1.03. The molecule has 25 heavy (non-hydrogen) atoms. The average molecular weight is 347 g/mol. The molecule has 0 spiro atoms. The first-order chi connectivity index (χ1) is 12.2. The van der Waals surface area contributed by atoms with Crippen LogP contribution < -0.4 is 10.6 Å². The summed E-state index contributed by atoms with van der Waals surface area (Å²) in [5.74, 6) is -0.0585. The molecular weight excluding hydrogens is 318 g/mol. The molecule has 1 aromatic rings. The van der Waals surface area contributed by atoms with Crippen molar-refractivity contribution in [1.29, 1.82) is 0 Å². The van der Waals surface area contributed by atoms with Crippen molar-refractivity contribution < 1.29 is 14.3 Å². The molecule has 0 radical (unpaired) electrons. The lowest BCUT2D eigenvalue weighted by molar-refractivity contribution is -0.126. The molecular formula is C19H29N3O3. The quantitative estimate of drug-likeness (QED) is 0.795. The number of likely N-dealkylation sites (tertiary alicyclic amines) is 1. The van der Waals surface area contributed by atoms with Gasteiger partial charge in [-0.1, -0.05) is 37.3 Å². The molecule has 138 valence electrons. The van der Waals surface area contributed by atoms with Gasteiger partial charge >= 0.3 is 6.03 Å². The molecule has 0 aromatic heterocycles. The molecule has 1 heterocycles. The lowest BCUT2D eigenvalue weighted by Gasteiger charge is -2.32. The van der Waals surface area contributed by atoms with Gasteiger partial charge in [0.1, 0.15) is 0 Å². The van der Waals surface area contributed by atoms with E-state index in [1.54, 1.807) is 12.0 Å². The fourth-order valence-electron chi connectivity index (χ4n) is 3.06. The van der Waals surface area contributed by atoms with E-state index in [1.165, 1.54) is 0 Å². The van der Waals surface area contributed by atoms with Gasteiger partial charge in [-0.05, 0) is 24.8 Å². The van der Waals surface area contributed by atoms with Crippen molar-refractivity contribution >= 4 is 11.9 Å². The molecule has 1 aliphatic rings. The Labute approximate surface area is 149 Å². The summed E-state index contributed by atoms with van der Waals surface area (Å²) in [7, 11) is 1.64. The minimum Gasteiger partial charge on any atom is -0.375 e. The van der Waals surface area contributed by atoms with Crippen molar-refractivity contribution in [3.05, 3.63) is 35.9 Å². The largest absolute Gasteiger partial charge is 0.375 e. The van der Waals surface area contributed by atoms with E-state index in [0.29, 0.717) is 26.2 Å². The fourth-order valence-corrected chi connectivity index (χ4v) is 3.06. The number of piperidine rings is 1. The molecule has 0 bridgehead atoms. The van der Waals surface area contributed by atoms with Crippen molar-refractivity contribution in [3.8, 4) is 0 Å². The summed E-state index contributed by atoms with van der Waals surface area (Å²) in [6.07, 6.45) is 2.42. The number of carbonyl (C=O) groups is 2. The number of methoxy groups -OCH3 is 1. The third-order valence-corrected chi connectivity index (χ3v) is 4.52. The maximum atomic E-state index is 12.5. The highest BCUT2D eigenvalue weighted by Crippen LogP contribution is 2.18. The van der Waals surface area contributed by atoms with Crippen LogP contribution in [0.5, 0.6) is 0 Å². The van der Waals surface area contributed by atoms with Crippen LogP contribution in [0.25, 0.3) is 0 Å². The fraction of sp³-hybridized carbons (Fsp3) is 0.579. The van der Waals surface area contributed by atoms with Crippen LogP contribution >= 0.6 is 0 Å². The Hall–Kier alpha value is -2.08. The van der Waals surface area contributed by atoms with Gasteiger partial charge in [0.15, 0.2) is 0 Å². The number of hydrogen-bond acceptors (Lipinski definition) is 3. The lowest BCUT2D eigenvalue weighted by atomic mass is 9.97. The third-order valence-electron chi connectivity index (χ3n) is 4.52. The molecule has 2 rings (SSSR count). The second-order valence-electron chi connectivity index (χ2n) is 6.40. The standard InChI is InChI=1S/C19H29N3O3/c1-3-11-20-18(23)16-10-7-12-22(14-16)19(24)21-13-17(25-2)15-8-5-4-6-9-15/h4-6,8-9,16-17H,3,7,10-14H2,1-2H3,(H,20,23)(H,21,24). The predicted octanol–water partition coefficient (Wildman–Crippen LogP) is 2.32. The summed E-state index contributed by atoms with van der Waals surface area (Å²) in [6, 6.07) is 9.68. The molecule has 6 nitrogen and oxygen atoms in total. The Morgan fingerprint density at radius 2 is 2.04 bits per heavy atom. The maximum Gasteiger partial charge on any atom is 0.317 e. The van der Waals surface area contributed by atoms with E-state index >= 15 is 0 Å². The molecule has 2 unspecified atom stereocenters. The molecule has 1 aliphatic heterocycles. The van der Waals surface area contributed by atoms with Crippen LogP contribution in [0.1, 0.15) is 37.9 Å². The van der Waals surface area contributed by atoms with Gasteiger partial charge in [0, 0.05) is 33.3 Å². The first-order valence-electron chi connectivity index (χ1n) is 9.04. The van der Waals surface area contributed by atoms with E-state index in [-0.39, 0.29) is 24.0 Å². The van der Waals surface area contributed by atoms with Gasteiger partial charge < -0.3 is 20.3 Å². The number of ether oxygens (including phenoxy) is 1. The van der Waals surface area contributed by atoms with Crippen LogP contribution in [-0.2, 0) is 9.53 Å². The van der Waals surface area contributed by atoms with Crippen molar-refractivity contribution in [1.82, 2.24) is 15.5 Å². The number of benzene rings is 1. The van der Waals surface area contributed by atoms with Gasteiger partial charge in [-0.3, -0.25) is 4.79 Å². The molecule has 1 saturated heterocycles. The molecule has 6 heteroatoms. The smallest absolute Gasteiger partial charge is 0.317 e. The average Bonchev–Trinajstić information content (AvgIpc) is 2.67. The second-order valence-corrected chi connectivity index (χ2v) is 6.40. The highest BCUT2D eigenvalue weighted by molar-refractivity contribution is 5.80. The molecule has 0 aliphatic carbocycles. The Morgan fingerprint density at radius 3 is 2.72 bits per heavy atom. The number of hydrogen-bond donors (Lipinski definition) is 2. The Kier molecular flexibility index (Phi) is 7.73. The number of carbonyl (C=O) groups excluding carboxylic acids is 2. The molecule has 1 fully saturated rings. The molecule has 0 saturated carbocycles. The van der Waals surface area contributed by atoms with Gasteiger partial charge in [0.05, 0.1) is 12.0 Å². The zero-order chi connectivity index (χ0) is 18.1. The van der Waals surface area contributed by atoms with Crippen LogP contribution in [0, 0.1) is 5.92 Å². The first kappa shape index (κ1) is 19.2. The Bertz CT molecular complexity index is 550. The van der Waals surface area contributed by atoms with Gasteiger partial charge in [-0.15, -0.1) is 0 Å². The number of nitrogens with zero attached hydrogens (tertiary/aromatic N) is 1. The first-order valence-corrected chi connectivity index (χ1v) is 9.04. The van der Waals surface area contributed by atoms with Gasteiger partial charge in [-0.25, -0.2) is 4.79 Å². The summed E-state index contributed by atoms with van der Waals surface area (Å²) in [4.78, 5) is 26.3. The van der Waals surface area contributed by atoms with Gasteiger partial charge in [0.2, 0.25) is 5.91 Å². The van der Waals surface area contributed by atoms with Crippen LogP contribution in [-0.4, -0.2) is 50.1 Å². The Morgan fingerprint density at radius 1 is 1.28 bits per heavy atom. The van der Waals surface area contributed by atoms with Crippen LogP contribution in [0.3, 0.4) is 0 Å². The van der Waals surface area contributed by atoms with E-state index in [0.717, 1.165) is 24.8 Å². The summed E-state index contributed by atoms with van der Waals surface area (Å²) >= 11 is 0. The predicted molar refractivity (Wildman–Crippen MR) is 97.2 cm³/mol. The molecule has 2 N–H and O–H groups in total. The summed E-state index contributed by atoms with van der Waals surface area (Å²) < 4.78 is 5.48. The SMILES string of the molecule is CCCNC(=O)C1CCCN(C(=O)NCC(OC)c2ccccc2)C1. The molecule has 2 atom stereocenters. The minimum absolute atomic E-state index is 0.0541. The zero-order valence-corrected chi connectivity index (χ0v) is 15.2. The van der Waals surface area contributed by atoms with E-state index < -0.39 is 0 Å². The lowest BCUT2D eigenvalue weighted by Crippen LogP contribution is -2.49. The summed E-state index contributed by atoms with van der Waals surface area (Å²) in [5, 5.41) is 5.86. The maximum absolute atomic E-state index is 12.5. The van der Waals surface area contributed by atoms with Crippen LogP contribution in [0.2, 0.25) is 0 Å². The topological polar surface area (TPSA) is 70.7 Å². The second kappa shape index (κ2) is 10.0. The van der Waals surface area contributed by atoms with Crippen molar-refractivity contribution in [3.63, 3.8) is 0 Å². The molecule has 3 amide bonds. The highest BCUT2D eigenvalue weighted by atomic mass is 16.5. The zero-order valence-electron chi connectivity index (χ0n) is 15.2. The molecule has 1 aromatic carbocycles. The number of urea groups is 1. The van der Waals surface area contributed by atoms with Gasteiger partial charge in [0.25, 0.3) is 0 Å². The number of nitrogens with one attached hydrogen (secondary N) is 2. The number of rotatable bonds is 7. The third kappa shape index (κ3) is 5.74. The van der Waals surface area contributed by atoms with Crippen molar-refractivity contribution in [2.24, 2.45) is 5.92 Å². The van der Waals surface area contributed by atoms with Crippen LogP contribution in [0.15, 0.2) is 30.3 Å². The highest BCUT2D eigenvalue weighted by Gasteiger charge is 2.28. The summed E-state index contributed by atoms with van der Waals surface area (Å²) in [6.45, 7) is 4.28. The van der Waals surface area contributed by atoms with Crippen molar-refractivity contribution in [2.75, 3.05) is 33.3 Å². The van der Waals surface area contributed by atoms with Gasteiger partial charge in [-0.2, -0.15) is 0 Å².